The highest BCUT2D eigenvalue weighted by Gasteiger charge is 2.26. The molecule has 2 aliphatic rings. The van der Waals surface area contributed by atoms with E-state index in [1.54, 1.807) is 0 Å². The van der Waals surface area contributed by atoms with E-state index in [1.165, 1.54) is 71.0 Å². The number of nitrogens with two attached hydrogens (primary N) is 1. The summed E-state index contributed by atoms with van der Waals surface area (Å²) in [7, 11) is 0. The summed E-state index contributed by atoms with van der Waals surface area (Å²) in [6, 6.07) is 0. The van der Waals surface area contributed by atoms with Gasteiger partial charge in [0.25, 0.3) is 0 Å². The minimum atomic E-state index is 0.809. The monoisotopic (exact) mass is 252 g/mol. The third-order valence-electron chi connectivity index (χ3n) is 5.38. The zero-order chi connectivity index (χ0) is 12.8. The Balaban J connectivity index is 1.80. The molecule has 2 fully saturated rings. The Morgan fingerprint density at radius 1 is 0.944 bits per heavy atom. The highest BCUT2D eigenvalue weighted by atomic mass is 15.1. The van der Waals surface area contributed by atoms with E-state index in [-0.39, 0.29) is 0 Å². The van der Waals surface area contributed by atoms with Crippen molar-refractivity contribution < 1.29 is 0 Å². The maximum Gasteiger partial charge on any atom is 0.00128 e. The molecule has 2 N–H and O–H groups in total. The van der Waals surface area contributed by atoms with Crippen LogP contribution in [0.25, 0.3) is 0 Å². The second kappa shape index (κ2) is 7.49. The van der Waals surface area contributed by atoms with Gasteiger partial charge in [0.1, 0.15) is 0 Å². The molecule has 1 aliphatic heterocycles. The van der Waals surface area contributed by atoms with Crippen molar-refractivity contribution in [2.75, 3.05) is 26.2 Å². The zero-order valence-electron chi connectivity index (χ0n) is 12.2. The van der Waals surface area contributed by atoms with Crippen LogP contribution >= 0.6 is 0 Å². The van der Waals surface area contributed by atoms with Gasteiger partial charge in [-0.25, -0.2) is 0 Å². The Labute approximate surface area is 113 Å². The molecule has 0 spiro atoms. The maximum atomic E-state index is 5.95. The molecule has 1 aliphatic carbocycles. The molecule has 0 bridgehead atoms. The van der Waals surface area contributed by atoms with Crippen molar-refractivity contribution >= 4 is 0 Å². The molecule has 1 saturated heterocycles. The van der Waals surface area contributed by atoms with Gasteiger partial charge in [0.15, 0.2) is 0 Å². The summed E-state index contributed by atoms with van der Waals surface area (Å²) in [6.45, 7) is 7.27. The molecular formula is C16H32N2. The molecule has 0 amide bonds. The topological polar surface area (TPSA) is 29.3 Å². The molecule has 2 heteroatoms. The Bertz CT molecular complexity index is 229. The molecule has 3 unspecified atom stereocenters. The van der Waals surface area contributed by atoms with Gasteiger partial charge < -0.3 is 10.6 Å². The third kappa shape index (κ3) is 3.96. The van der Waals surface area contributed by atoms with Gasteiger partial charge in [0, 0.05) is 6.54 Å². The molecule has 1 saturated carbocycles. The number of nitrogens with zero attached hydrogens (tertiary/aromatic N) is 1. The summed E-state index contributed by atoms with van der Waals surface area (Å²) in [5.74, 6) is 2.69. The van der Waals surface area contributed by atoms with Crippen LogP contribution in [0.4, 0.5) is 0 Å². The van der Waals surface area contributed by atoms with Crippen molar-refractivity contribution in [3.8, 4) is 0 Å². The first-order valence-electron chi connectivity index (χ1n) is 8.26. The van der Waals surface area contributed by atoms with Gasteiger partial charge in [0.05, 0.1) is 0 Å². The van der Waals surface area contributed by atoms with Crippen LogP contribution in [0.15, 0.2) is 0 Å². The van der Waals surface area contributed by atoms with Crippen LogP contribution in [0.3, 0.4) is 0 Å². The second-order valence-corrected chi connectivity index (χ2v) is 6.55. The largest absolute Gasteiger partial charge is 0.330 e. The fourth-order valence-electron chi connectivity index (χ4n) is 3.98. The lowest BCUT2D eigenvalue weighted by molar-refractivity contribution is 0.156. The lowest BCUT2D eigenvalue weighted by Gasteiger charge is -2.34. The number of hydrogen-bond acceptors (Lipinski definition) is 2. The van der Waals surface area contributed by atoms with E-state index in [0.717, 1.165) is 24.3 Å². The van der Waals surface area contributed by atoms with Crippen LogP contribution < -0.4 is 5.73 Å². The van der Waals surface area contributed by atoms with E-state index in [1.807, 2.05) is 0 Å². The van der Waals surface area contributed by atoms with Gasteiger partial charge in [-0.05, 0) is 69.5 Å². The van der Waals surface area contributed by atoms with E-state index >= 15 is 0 Å². The lowest BCUT2D eigenvalue weighted by atomic mass is 9.79. The maximum absolute atomic E-state index is 5.95. The fraction of sp³-hybridized carbons (Fsp3) is 1.00. The fourth-order valence-corrected chi connectivity index (χ4v) is 3.98. The van der Waals surface area contributed by atoms with Crippen molar-refractivity contribution in [3.05, 3.63) is 0 Å². The van der Waals surface area contributed by atoms with E-state index in [9.17, 15) is 0 Å². The number of rotatable bonds is 4. The average Bonchev–Trinajstić information content (AvgIpc) is 2.64. The van der Waals surface area contributed by atoms with Crippen LogP contribution in [0.1, 0.15) is 58.3 Å². The molecule has 2 nitrogen and oxygen atoms in total. The number of hydrogen-bond donors (Lipinski definition) is 1. The van der Waals surface area contributed by atoms with Crippen molar-refractivity contribution in [2.45, 2.75) is 58.3 Å². The minimum absolute atomic E-state index is 0.809. The van der Waals surface area contributed by atoms with E-state index in [2.05, 4.69) is 11.8 Å². The van der Waals surface area contributed by atoms with Gasteiger partial charge in [-0.15, -0.1) is 0 Å². The molecule has 0 aromatic rings. The molecule has 0 aromatic heterocycles. The summed E-state index contributed by atoms with van der Waals surface area (Å²) in [5, 5.41) is 0. The Kier molecular flexibility index (Phi) is 5.97. The van der Waals surface area contributed by atoms with E-state index in [0.29, 0.717) is 0 Å². The van der Waals surface area contributed by atoms with Crippen LogP contribution in [0.2, 0.25) is 0 Å². The van der Waals surface area contributed by atoms with Crippen molar-refractivity contribution in [1.82, 2.24) is 4.90 Å². The highest BCUT2D eigenvalue weighted by molar-refractivity contribution is 4.80. The van der Waals surface area contributed by atoms with Crippen molar-refractivity contribution in [1.29, 1.82) is 0 Å². The second-order valence-electron chi connectivity index (χ2n) is 6.55. The molecule has 2 rings (SSSR count). The summed E-state index contributed by atoms with van der Waals surface area (Å²) in [5.41, 5.74) is 5.95. The summed E-state index contributed by atoms with van der Waals surface area (Å²) < 4.78 is 0. The normalized spacial score (nSPS) is 35.3. The van der Waals surface area contributed by atoms with E-state index < -0.39 is 0 Å². The molecule has 0 radical (unpaired) electrons. The minimum Gasteiger partial charge on any atom is -0.330 e. The van der Waals surface area contributed by atoms with Crippen LogP contribution in [-0.4, -0.2) is 31.1 Å². The standard InChI is InChI=1S/C16H32N2/c1-2-14-6-5-10-18(11-9-14)13-16-8-4-3-7-15(16)12-17/h14-16H,2-13,17H2,1H3. The van der Waals surface area contributed by atoms with Gasteiger partial charge in [-0.2, -0.15) is 0 Å². The smallest absolute Gasteiger partial charge is 0.00128 e. The zero-order valence-corrected chi connectivity index (χ0v) is 12.2. The summed E-state index contributed by atoms with van der Waals surface area (Å²) in [4.78, 5) is 2.74. The molecule has 3 atom stereocenters. The van der Waals surface area contributed by atoms with Crippen LogP contribution in [0, 0.1) is 17.8 Å². The quantitative estimate of drug-likeness (QED) is 0.832. The third-order valence-corrected chi connectivity index (χ3v) is 5.38. The predicted octanol–water partition coefficient (Wildman–Crippen LogP) is 3.26. The molecular weight excluding hydrogens is 220 g/mol. The van der Waals surface area contributed by atoms with Gasteiger partial charge >= 0.3 is 0 Å². The summed E-state index contributed by atoms with van der Waals surface area (Å²) in [6.07, 6.45) is 11.3. The summed E-state index contributed by atoms with van der Waals surface area (Å²) >= 11 is 0. The first-order chi connectivity index (χ1) is 8.83. The number of likely N-dealkylation sites (tertiary alicyclic amines) is 1. The van der Waals surface area contributed by atoms with Crippen molar-refractivity contribution in [2.24, 2.45) is 23.5 Å². The van der Waals surface area contributed by atoms with Gasteiger partial charge in [-0.3, -0.25) is 0 Å². The van der Waals surface area contributed by atoms with Gasteiger partial charge in [-0.1, -0.05) is 26.2 Å². The SMILES string of the molecule is CCC1CCCN(CC2CCCCC2CN)CC1. The molecule has 106 valence electrons. The Hall–Kier alpha value is -0.0800. The average molecular weight is 252 g/mol. The molecule has 18 heavy (non-hydrogen) atoms. The molecule has 1 heterocycles. The Morgan fingerprint density at radius 2 is 1.72 bits per heavy atom. The van der Waals surface area contributed by atoms with Crippen LogP contribution in [0.5, 0.6) is 0 Å². The Morgan fingerprint density at radius 3 is 2.44 bits per heavy atom. The predicted molar refractivity (Wildman–Crippen MR) is 78.6 cm³/mol. The van der Waals surface area contributed by atoms with Crippen molar-refractivity contribution in [3.63, 3.8) is 0 Å². The first-order valence-corrected chi connectivity index (χ1v) is 8.26. The van der Waals surface area contributed by atoms with Crippen LogP contribution in [-0.2, 0) is 0 Å². The van der Waals surface area contributed by atoms with E-state index in [4.69, 9.17) is 5.73 Å². The highest BCUT2D eigenvalue weighted by Crippen LogP contribution is 2.31. The lowest BCUT2D eigenvalue weighted by Crippen LogP contribution is -2.37. The first kappa shape index (κ1) is 14.3. The molecule has 0 aromatic carbocycles. The van der Waals surface area contributed by atoms with Gasteiger partial charge in [0.2, 0.25) is 0 Å².